The first-order chi connectivity index (χ1) is 20.0. The average Bonchev–Trinajstić information content (AvgIpc) is 2.93. The van der Waals surface area contributed by atoms with Crippen LogP contribution in [0.3, 0.4) is 0 Å². The van der Waals surface area contributed by atoms with Crippen molar-refractivity contribution in [3.63, 3.8) is 0 Å². The van der Waals surface area contributed by atoms with E-state index >= 15 is 4.39 Å². The molecule has 1 fully saturated rings. The van der Waals surface area contributed by atoms with Gasteiger partial charge in [0, 0.05) is 56.5 Å². The maximum Gasteiger partial charge on any atom is 0.230 e. The van der Waals surface area contributed by atoms with Gasteiger partial charge >= 0.3 is 0 Å². The zero-order valence-corrected chi connectivity index (χ0v) is 26.0. The molecule has 0 saturated carbocycles. The van der Waals surface area contributed by atoms with Crippen molar-refractivity contribution in [2.24, 2.45) is 0 Å². The summed E-state index contributed by atoms with van der Waals surface area (Å²) < 4.78 is 22.2. The van der Waals surface area contributed by atoms with E-state index in [-0.39, 0.29) is 31.5 Å². The van der Waals surface area contributed by atoms with Gasteiger partial charge in [0.2, 0.25) is 5.91 Å². The molecule has 1 heterocycles. The van der Waals surface area contributed by atoms with Crippen molar-refractivity contribution in [1.29, 1.82) is 0 Å². The Morgan fingerprint density at radius 2 is 1.72 bits per heavy atom. The van der Waals surface area contributed by atoms with Crippen molar-refractivity contribution in [2.45, 2.75) is 75.6 Å². The summed E-state index contributed by atoms with van der Waals surface area (Å²) in [7, 11) is 22.9. The van der Waals surface area contributed by atoms with Crippen LogP contribution in [0.5, 0.6) is 0 Å². The molecule has 43 heavy (non-hydrogen) atoms. The summed E-state index contributed by atoms with van der Waals surface area (Å²) in [6, 6.07) is 10.0. The highest BCUT2D eigenvalue weighted by atomic mass is 19.1. The number of ether oxygens (including phenoxy) is 1. The summed E-state index contributed by atoms with van der Waals surface area (Å²) in [5, 5.41) is 4.18. The number of hydrogen-bond acceptors (Lipinski definition) is 7. The van der Waals surface area contributed by atoms with Crippen LogP contribution in [0.25, 0.3) is 0 Å². The third kappa shape index (κ3) is 7.77. The molecule has 2 N–H and O–H groups in total. The summed E-state index contributed by atoms with van der Waals surface area (Å²) in [5.41, 5.74) is -0.619. The SMILES string of the molecule is [B]C(CCC=O)(C(=O)NC)N(C)Cc1c(C=O)cccc1NCc1cccc(C([B])([B])N2CC(C)(C)OC(C)(C)C2)c1F. The monoisotopic (exact) mass is 584 g/mol. The minimum Gasteiger partial charge on any atom is -0.381 e. The number of nitrogens with one attached hydrogen (secondary N) is 2. The molecule has 2 aromatic carbocycles. The molecule has 1 aliphatic rings. The van der Waals surface area contributed by atoms with Crippen molar-refractivity contribution in [2.75, 3.05) is 32.5 Å². The molecule has 0 spiro atoms. The van der Waals surface area contributed by atoms with E-state index in [2.05, 4.69) is 10.6 Å². The van der Waals surface area contributed by atoms with Crippen LogP contribution < -0.4 is 10.6 Å². The van der Waals surface area contributed by atoms with Gasteiger partial charge in [-0.3, -0.25) is 14.5 Å². The zero-order valence-electron chi connectivity index (χ0n) is 26.0. The first kappa shape index (κ1) is 34.5. The van der Waals surface area contributed by atoms with E-state index in [0.717, 1.165) is 0 Å². The Labute approximate surface area is 258 Å². The molecule has 3 rings (SSSR count). The molecular weight excluding hydrogens is 544 g/mol. The highest BCUT2D eigenvalue weighted by molar-refractivity contribution is 6.39. The maximum atomic E-state index is 16.1. The van der Waals surface area contributed by atoms with Gasteiger partial charge in [0.05, 0.1) is 32.3 Å². The maximum absolute atomic E-state index is 16.1. The standard InChI is InChI=1S/C31H40B3FN4O4/c1-28(2)19-39(20-29(3,4)43-28)31(33,34)24-12-7-10-21(26(24)35)16-37-25-13-8-11-22(18-41)23(25)17-38(6)30(32,14-9-15-40)27(42)36-5/h7-8,10-13,15,18,37H,9,14,16-17,19-20H2,1-6H3,(H,36,42). The first-order valence-corrected chi connectivity index (χ1v) is 14.3. The Morgan fingerprint density at radius 1 is 1.09 bits per heavy atom. The van der Waals surface area contributed by atoms with Crippen molar-refractivity contribution in [1.82, 2.24) is 15.1 Å². The van der Waals surface area contributed by atoms with E-state index in [9.17, 15) is 14.4 Å². The molecular formula is C31H40B3FN4O4. The van der Waals surface area contributed by atoms with Crippen LogP contribution in [0.2, 0.25) is 0 Å². The largest absolute Gasteiger partial charge is 0.381 e. The van der Waals surface area contributed by atoms with Crippen LogP contribution in [0, 0.1) is 5.82 Å². The second-order valence-corrected chi connectivity index (χ2v) is 12.5. The molecule has 224 valence electrons. The number of hydrogen-bond donors (Lipinski definition) is 2. The zero-order chi connectivity index (χ0) is 32.2. The fourth-order valence-electron chi connectivity index (χ4n) is 5.84. The smallest absolute Gasteiger partial charge is 0.230 e. The summed E-state index contributed by atoms with van der Waals surface area (Å²) >= 11 is 0. The normalized spacial score (nSPS) is 18.0. The number of carbonyl (C=O) groups excluding carboxylic acids is 3. The molecule has 0 bridgehead atoms. The lowest BCUT2D eigenvalue weighted by Gasteiger charge is -2.53. The van der Waals surface area contributed by atoms with Gasteiger partial charge in [-0.25, -0.2) is 4.39 Å². The molecule has 12 heteroatoms. The number of benzene rings is 2. The Morgan fingerprint density at radius 3 is 2.30 bits per heavy atom. The predicted molar refractivity (Wildman–Crippen MR) is 169 cm³/mol. The number of anilines is 1. The number of likely N-dealkylation sites (N-methyl/N-ethyl adjacent to an activating group) is 2. The van der Waals surface area contributed by atoms with Gasteiger partial charge in [0.15, 0.2) is 0 Å². The summed E-state index contributed by atoms with van der Waals surface area (Å²) in [5.74, 6) is -1.00. The third-order valence-electron chi connectivity index (χ3n) is 7.88. The fourth-order valence-corrected chi connectivity index (χ4v) is 5.84. The number of morpholine rings is 1. The molecule has 1 unspecified atom stereocenters. The number of nitrogens with zero attached hydrogens (tertiary/aromatic N) is 2. The Kier molecular flexibility index (Phi) is 10.7. The number of carbonyl (C=O) groups is 3. The minimum atomic E-state index is -1.60. The van der Waals surface area contributed by atoms with Crippen LogP contribution in [0.1, 0.15) is 67.6 Å². The second-order valence-electron chi connectivity index (χ2n) is 12.5. The van der Waals surface area contributed by atoms with Gasteiger partial charge in [-0.2, -0.15) is 0 Å². The summed E-state index contributed by atoms with van der Waals surface area (Å²) in [4.78, 5) is 39.2. The van der Waals surface area contributed by atoms with Crippen molar-refractivity contribution >= 4 is 47.7 Å². The fraction of sp³-hybridized carbons (Fsp3) is 0.516. The van der Waals surface area contributed by atoms with Gasteiger partial charge in [-0.15, -0.1) is 0 Å². The lowest BCUT2D eigenvalue weighted by atomic mass is 9.56. The second kappa shape index (κ2) is 13.4. The minimum absolute atomic E-state index is 0.0588. The van der Waals surface area contributed by atoms with Crippen LogP contribution in [0.4, 0.5) is 10.1 Å². The predicted octanol–water partition coefficient (Wildman–Crippen LogP) is 2.61. The van der Waals surface area contributed by atoms with E-state index in [1.807, 2.05) is 32.6 Å². The van der Waals surface area contributed by atoms with E-state index in [0.29, 0.717) is 48.0 Å². The van der Waals surface area contributed by atoms with Gasteiger partial charge in [-0.1, -0.05) is 30.3 Å². The van der Waals surface area contributed by atoms with E-state index < -0.39 is 33.7 Å². The number of amides is 1. The first-order valence-electron chi connectivity index (χ1n) is 14.3. The lowest BCUT2D eigenvalue weighted by molar-refractivity contribution is -0.186. The van der Waals surface area contributed by atoms with Crippen LogP contribution in [-0.2, 0) is 32.8 Å². The number of halogens is 1. The molecule has 8 nitrogen and oxygen atoms in total. The molecule has 0 aromatic heterocycles. The molecule has 1 amide bonds. The van der Waals surface area contributed by atoms with Crippen LogP contribution in [-0.4, -0.2) is 95.6 Å². The molecule has 1 aliphatic heterocycles. The molecule has 1 atom stereocenters. The Balaban J connectivity index is 1.90. The lowest BCUT2D eigenvalue weighted by Crippen LogP contribution is -2.63. The quantitative estimate of drug-likeness (QED) is 0.277. The average molecular weight is 584 g/mol. The van der Waals surface area contributed by atoms with Crippen molar-refractivity contribution in [3.8, 4) is 0 Å². The van der Waals surface area contributed by atoms with E-state index in [4.69, 9.17) is 28.3 Å². The molecule has 6 radical (unpaired) electrons. The van der Waals surface area contributed by atoms with Crippen molar-refractivity contribution in [3.05, 3.63) is 64.5 Å². The highest BCUT2D eigenvalue weighted by Gasteiger charge is 2.44. The molecule has 1 saturated heterocycles. The topological polar surface area (TPSA) is 91.0 Å². The number of aldehydes is 2. The number of rotatable bonds is 13. The van der Waals surface area contributed by atoms with Crippen LogP contribution in [0.15, 0.2) is 36.4 Å². The highest BCUT2D eigenvalue weighted by Crippen LogP contribution is 2.36. The van der Waals surface area contributed by atoms with Gasteiger partial charge in [0.1, 0.15) is 26.2 Å². The van der Waals surface area contributed by atoms with Crippen molar-refractivity contribution < 1.29 is 23.5 Å². The van der Waals surface area contributed by atoms with Gasteiger partial charge in [-0.05, 0) is 63.7 Å². The molecule has 0 aliphatic carbocycles. The van der Waals surface area contributed by atoms with E-state index in [1.165, 1.54) is 7.05 Å². The Bertz CT molecular complexity index is 1320. The van der Waals surface area contributed by atoms with Gasteiger partial charge in [0.25, 0.3) is 0 Å². The summed E-state index contributed by atoms with van der Waals surface area (Å²) in [6.07, 6.45) is 1.56. The van der Waals surface area contributed by atoms with E-state index in [1.54, 1.807) is 48.3 Å². The van der Waals surface area contributed by atoms with Gasteiger partial charge < -0.3 is 25.1 Å². The Hall–Kier alpha value is -2.95. The summed E-state index contributed by atoms with van der Waals surface area (Å²) in [6.45, 7) is 8.76. The van der Waals surface area contributed by atoms with Crippen LogP contribution >= 0.6 is 0 Å². The molecule has 2 aromatic rings. The third-order valence-corrected chi connectivity index (χ3v) is 7.88.